The molecule has 1 unspecified atom stereocenters. The normalized spacial score (nSPS) is 17.4. The van der Waals surface area contributed by atoms with E-state index in [2.05, 4.69) is 37.3 Å². The Morgan fingerprint density at radius 3 is 2.75 bits per heavy atom. The number of hydrogen-bond donors (Lipinski definition) is 1. The molecule has 0 spiro atoms. The first-order valence-corrected chi connectivity index (χ1v) is 13.9. The number of carbonyl (C=O) groups excluding carboxylic acids is 1. The lowest BCUT2D eigenvalue weighted by molar-refractivity contribution is 0.0713. The van der Waals surface area contributed by atoms with E-state index in [-0.39, 0.29) is 41.3 Å². The molecular formula is C29H36FN7O3. The zero-order valence-electron chi connectivity index (χ0n) is 23.4. The number of hydrogen-bond acceptors (Lipinski definition) is 9. The zero-order valence-corrected chi connectivity index (χ0v) is 23.4. The van der Waals surface area contributed by atoms with Gasteiger partial charge in [-0.2, -0.15) is 0 Å². The van der Waals surface area contributed by atoms with E-state index in [4.69, 9.17) is 9.47 Å². The molecule has 1 fully saturated rings. The predicted octanol–water partition coefficient (Wildman–Crippen LogP) is 4.32. The second-order valence-electron chi connectivity index (χ2n) is 10.4. The van der Waals surface area contributed by atoms with E-state index < -0.39 is 5.82 Å². The van der Waals surface area contributed by atoms with Crippen molar-refractivity contribution in [1.82, 2.24) is 30.4 Å². The van der Waals surface area contributed by atoms with Crippen LogP contribution in [0, 0.1) is 5.82 Å². The Balaban J connectivity index is 1.31. The summed E-state index contributed by atoms with van der Waals surface area (Å²) in [7, 11) is 0. The van der Waals surface area contributed by atoms with Crippen molar-refractivity contribution in [2.24, 2.45) is 0 Å². The number of pyridine rings is 1. The Morgan fingerprint density at radius 1 is 1.20 bits per heavy atom. The van der Waals surface area contributed by atoms with Crippen molar-refractivity contribution < 1.29 is 18.7 Å². The van der Waals surface area contributed by atoms with Crippen LogP contribution in [0.5, 0.6) is 17.4 Å². The van der Waals surface area contributed by atoms with Gasteiger partial charge in [-0.15, -0.1) is 10.2 Å². The van der Waals surface area contributed by atoms with Crippen LogP contribution in [0.25, 0.3) is 0 Å². The molecule has 0 saturated carbocycles. The Labute approximate surface area is 233 Å². The molecule has 10 nitrogen and oxygen atoms in total. The number of aromatic nitrogens is 4. The van der Waals surface area contributed by atoms with Gasteiger partial charge < -0.3 is 24.6 Å². The number of nitrogens with zero attached hydrogens (tertiary/aromatic N) is 6. The summed E-state index contributed by atoms with van der Waals surface area (Å²) in [4.78, 5) is 26.0. The van der Waals surface area contributed by atoms with E-state index in [0.717, 1.165) is 42.8 Å². The summed E-state index contributed by atoms with van der Waals surface area (Å²) in [6.45, 7) is 10.6. The molecule has 1 amide bonds. The Morgan fingerprint density at radius 2 is 2.00 bits per heavy atom. The summed E-state index contributed by atoms with van der Waals surface area (Å²) in [5, 5.41) is 11.6. The van der Waals surface area contributed by atoms with E-state index >= 15 is 0 Å². The molecule has 0 radical (unpaired) electrons. The smallest absolute Gasteiger partial charge is 0.282 e. The molecule has 11 heteroatoms. The minimum absolute atomic E-state index is 0.0495. The zero-order chi connectivity index (χ0) is 28.2. The number of piperidine rings is 1. The highest BCUT2D eigenvalue weighted by Crippen LogP contribution is 2.35. The molecule has 1 aromatic carbocycles. The van der Waals surface area contributed by atoms with Crippen LogP contribution in [0.2, 0.25) is 0 Å². The van der Waals surface area contributed by atoms with E-state index in [1.165, 1.54) is 24.5 Å². The molecule has 1 atom stereocenters. The van der Waals surface area contributed by atoms with Crippen molar-refractivity contribution >= 4 is 11.7 Å². The molecule has 0 bridgehead atoms. The van der Waals surface area contributed by atoms with Crippen molar-refractivity contribution in [3.63, 3.8) is 0 Å². The van der Waals surface area contributed by atoms with E-state index in [1.807, 2.05) is 33.0 Å². The molecule has 4 heterocycles. The summed E-state index contributed by atoms with van der Waals surface area (Å²) in [5.74, 6) is 0.955. The Hall–Kier alpha value is -3.86. The van der Waals surface area contributed by atoms with Crippen molar-refractivity contribution in [2.75, 3.05) is 31.1 Å². The van der Waals surface area contributed by atoms with Gasteiger partial charge in [0.05, 0.1) is 11.3 Å². The number of amides is 1. The monoisotopic (exact) mass is 549 g/mol. The lowest BCUT2D eigenvalue weighted by Gasteiger charge is -2.34. The number of benzene rings is 1. The third-order valence-corrected chi connectivity index (χ3v) is 7.49. The number of nitrogens with one attached hydrogen (secondary N) is 1. The molecule has 40 heavy (non-hydrogen) atoms. The van der Waals surface area contributed by atoms with Gasteiger partial charge in [-0.1, -0.05) is 0 Å². The van der Waals surface area contributed by atoms with Crippen LogP contribution < -0.4 is 19.7 Å². The molecule has 5 rings (SSSR count). The molecule has 1 saturated heterocycles. The quantitative estimate of drug-likeness (QED) is 0.440. The molecule has 3 aromatic rings. The fourth-order valence-corrected chi connectivity index (χ4v) is 5.44. The van der Waals surface area contributed by atoms with Crippen LogP contribution in [0.15, 0.2) is 36.8 Å². The topological polar surface area (TPSA) is 106 Å². The number of fused-ring (bicyclic) bond motifs is 1. The molecule has 2 aliphatic heterocycles. The average molecular weight is 550 g/mol. The summed E-state index contributed by atoms with van der Waals surface area (Å²) < 4.78 is 26.8. The van der Waals surface area contributed by atoms with Crippen LogP contribution >= 0.6 is 0 Å². The number of rotatable bonds is 8. The van der Waals surface area contributed by atoms with Crippen molar-refractivity contribution in [2.45, 2.75) is 65.1 Å². The number of ether oxygens (including phenoxy) is 2. The van der Waals surface area contributed by atoms with Crippen LogP contribution in [-0.2, 0) is 6.42 Å². The lowest BCUT2D eigenvalue weighted by atomic mass is 9.99. The van der Waals surface area contributed by atoms with Gasteiger partial charge in [0.25, 0.3) is 11.8 Å². The maximum absolute atomic E-state index is 14.2. The van der Waals surface area contributed by atoms with Crippen molar-refractivity contribution in [3.8, 4) is 17.4 Å². The lowest BCUT2D eigenvalue weighted by Crippen LogP contribution is -2.39. The van der Waals surface area contributed by atoms with Crippen LogP contribution in [0.4, 0.5) is 10.2 Å². The minimum atomic E-state index is -0.518. The maximum Gasteiger partial charge on any atom is 0.282 e. The summed E-state index contributed by atoms with van der Waals surface area (Å²) in [5.41, 5.74) is 2.38. The molecule has 1 N–H and O–H groups in total. The molecule has 2 aromatic heterocycles. The Kier molecular flexibility index (Phi) is 8.39. The van der Waals surface area contributed by atoms with Crippen LogP contribution in [0.1, 0.15) is 68.2 Å². The fourth-order valence-electron chi connectivity index (χ4n) is 5.44. The second kappa shape index (κ2) is 12.1. The summed E-state index contributed by atoms with van der Waals surface area (Å²) in [6, 6.07) is 6.01. The fraction of sp³-hybridized carbons (Fsp3) is 0.483. The predicted molar refractivity (Wildman–Crippen MR) is 148 cm³/mol. The first-order chi connectivity index (χ1) is 19.4. The highest BCUT2D eigenvalue weighted by Gasteiger charge is 2.29. The van der Waals surface area contributed by atoms with E-state index in [1.54, 1.807) is 4.90 Å². The minimum Gasteiger partial charge on any atom is -0.490 e. The molecular weight excluding hydrogens is 513 g/mol. The van der Waals surface area contributed by atoms with Gasteiger partial charge in [0.15, 0.2) is 5.82 Å². The van der Waals surface area contributed by atoms with Gasteiger partial charge in [-0.25, -0.2) is 9.37 Å². The third-order valence-electron chi connectivity index (χ3n) is 7.49. The SMILES string of the molecule is CCN(C(=O)c1cc(F)ccc1Oc1nncnc1N1CCC(Oc2ccnc3c2C(C)NCC3)CC1)C(C)C. The number of halogens is 1. The summed E-state index contributed by atoms with van der Waals surface area (Å²) >= 11 is 0. The first kappa shape index (κ1) is 27.7. The van der Waals surface area contributed by atoms with Gasteiger partial charge in [0.2, 0.25) is 0 Å². The van der Waals surface area contributed by atoms with E-state index in [0.29, 0.717) is 25.5 Å². The van der Waals surface area contributed by atoms with Gasteiger partial charge in [-0.3, -0.25) is 9.78 Å². The highest BCUT2D eigenvalue weighted by atomic mass is 19.1. The Bertz CT molecular complexity index is 1350. The van der Waals surface area contributed by atoms with Gasteiger partial charge >= 0.3 is 0 Å². The van der Waals surface area contributed by atoms with Crippen LogP contribution in [0.3, 0.4) is 0 Å². The van der Waals surface area contributed by atoms with Crippen molar-refractivity contribution in [1.29, 1.82) is 0 Å². The highest BCUT2D eigenvalue weighted by molar-refractivity contribution is 5.97. The standard InChI is InChI=1S/C29H36FN7O3/c1-5-37(18(2)3)29(38)22-16-20(30)6-7-24(22)40-28-27(33-17-34-35-28)36-14-10-21(11-15-36)39-25-9-13-32-23-8-12-31-19(4)26(23)25/h6-7,9,13,16-19,21,31H,5,8,10-12,14-15H2,1-4H3. The van der Waals surface area contributed by atoms with Gasteiger partial charge in [-0.05, 0) is 52.0 Å². The molecule has 212 valence electrons. The summed E-state index contributed by atoms with van der Waals surface area (Å²) in [6.07, 6.45) is 5.70. The third kappa shape index (κ3) is 5.84. The molecule has 0 aliphatic carbocycles. The first-order valence-electron chi connectivity index (χ1n) is 13.9. The van der Waals surface area contributed by atoms with Gasteiger partial charge in [0.1, 0.15) is 29.7 Å². The van der Waals surface area contributed by atoms with Gasteiger partial charge in [0, 0.05) is 69.3 Å². The second-order valence-corrected chi connectivity index (χ2v) is 10.4. The van der Waals surface area contributed by atoms with Crippen molar-refractivity contribution in [3.05, 3.63) is 59.4 Å². The largest absolute Gasteiger partial charge is 0.490 e. The van der Waals surface area contributed by atoms with Crippen LogP contribution in [-0.4, -0.2) is 69.3 Å². The molecule has 2 aliphatic rings. The van der Waals surface area contributed by atoms with E-state index in [9.17, 15) is 9.18 Å². The maximum atomic E-state index is 14.2. The average Bonchev–Trinajstić information content (AvgIpc) is 2.95. The number of carbonyl (C=O) groups is 1. The number of anilines is 1.